The molecule has 1 saturated heterocycles. The fourth-order valence-electron chi connectivity index (χ4n) is 3.18. The molecule has 138 valence electrons. The molecule has 0 saturated carbocycles. The van der Waals surface area contributed by atoms with E-state index in [0.29, 0.717) is 24.9 Å². The van der Waals surface area contributed by atoms with Gasteiger partial charge in [-0.05, 0) is 24.7 Å². The maximum absolute atomic E-state index is 11.5. The summed E-state index contributed by atoms with van der Waals surface area (Å²) in [6, 6.07) is 0. The van der Waals surface area contributed by atoms with Crippen LogP contribution in [0, 0.1) is 11.8 Å². The Hall–Kier alpha value is -0.0900. The fourth-order valence-corrected chi connectivity index (χ4v) is 4.11. The number of hydrogen-bond acceptors (Lipinski definition) is 3. The van der Waals surface area contributed by atoms with Crippen molar-refractivity contribution in [1.82, 2.24) is 14.5 Å². The summed E-state index contributed by atoms with van der Waals surface area (Å²) < 4.78 is 24.6. The normalized spacial score (nSPS) is 22.9. The van der Waals surface area contributed by atoms with E-state index in [9.17, 15) is 8.42 Å². The maximum Gasteiger partial charge on any atom is 0.211 e. The summed E-state index contributed by atoms with van der Waals surface area (Å²) in [6.07, 6.45) is 3.31. The van der Waals surface area contributed by atoms with Gasteiger partial charge in [0, 0.05) is 39.8 Å². The number of piperidine rings is 1. The molecule has 0 amide bonds. The van der Waals surface area contributed by atoms with Crippen LogP contribution in [-0.4, -0.2) is 69.6 Å². The number of nitrogens with one attached hydrogen (secondary N) is 1. The van der Waals surface area contributed by atoms with E-state index in [-0.39, 0.29) is 24.0 Å². The first kappa shape index (κ1) is 22.9. The third kappa shape index (κ3) is 8.02. The summed E-state index contributed by atoms with van der Waals surface area (Å²) in [7, 11) is -1.28. The Balaban J connectivity index is 0.00000484. The monoisotopic (exact) mass is 460 g/mol. The van der Waals surface area contributed by atoms with E-state index in [1.807, 2.05) is 6.92 Å². The zero-order chi connectivity index (χ0) is 16.8. The van der Waals surface area contributed by atoms with Crippen LogP contribution in [0.1, 0.15) is 33.6 Å². The first-order chi connectivity index (χ1) is 10.3. The van der Waals surface area contributed by atoms with Gasteiger partial charge in [0.2, 0.25) is 10.0 Å². The molecule has 0 aliphatic carbocycles. The van der Waals surface area contributed by atoms with Gasteiger partial charge < -0.3 is 10.2 Å². The highest BCUT2D eigenvalue weighted by molar-refractivity contribution is 14.0. The molecule has 0 aromatic carbocycles. The zero-order valence-electron chi connectivity index (χ0n) is 15.1. The van der Waals surface area contributed by atoms with Crippen molar-refractivity contribution in [3.63, 3.8) is 0 Å². The Morgan fingerprint density at radius 1 is 1.30 bits per heavy atom. The van der Waals surface area contributed by atoms with E-state index in [1.165, 1.54) is 17.0 Å². The number of nitrogens with zero attached hydrogens (tertiary/aromatic N) is 3. The average Bonchev–Trinajstić information content (AvgIpc) is 2.40. The maximum atomic E-state index is 11.5. The summed E-state index contributed by atoms with van der Waals surface area (Å²) in [6.45, 7) is 10.3. The van der Waals surface area contributed by atoms with Crippen molar-refractivity contribution in [2.75, 3.05) is 46.0 Å². The lowest BCUT2D eigenvalue weighted by Gasteiger charge is -2.37. The minimum Gasteiger partial charge on any atom is -0.356 e. The van der Waals surface area contributed by atoms with Gasteiger partial charge in [-0.25, -0.2) is 12.7 Å². The molecule has 0 aromatic heterocycles. The van der Waals surface area contributed by atoms with Crippen molar-refractivity contribution in [2.45, 2.75) is 33.6 Å². The lowest BCUT2D eigenvalue weighted by Crippen LogP contribution is -2.48. The lowest BCUT2D eigenvalue weighted by atomic mass is 9.92. The first-order valence-corrected chi connectivity index (χ1v) is 10.0. The van der Waals surface area contributed by atoms with Crippen LogP contribution in [0.15, 0.2) is 4.99 Å². The zero-order valence-corrected chi connectivity index (χ0v) is 18.2. The van der Waals surface area contributed by atoms with Gasteiger partial charge in [-0.2, -0.15) is 0 Å². The molecule has 23 heavy (non-hydrogen) atoms. The van der Waals surface area contributed by atoms with Crippen molar-refractivity contribution in [3.05, 3.63) is 0 Å². The highest BCUT2D eigenvalue weighted by Gasteiger charge is 2.23. The summed E-state index contributed by atoms with van der Waals surface area (Å²) in [5, 5.41) is 3.37. The molecular weight excluding hydrogens is 427 g/mol. The molecule has 0 aromatic rings. The summed E-state index contributed by atoms with van der Waals surface area (Å²) in [5.41, 5.74) is 0. The molecule has 1 aliphatic rings. The second kappa shape index (κ2) is 10.7. The molecule has 1 fully saturated rings. The number of guanidine groups is 1. The standard InChI is InChI=1S/C15H32N4O2S.HI/c1-6-19(22(5,20)21)9-7-8-17-15(16-4)18-11-13(2)10-14(3)12-18;/h13-14H,6-12H2,1-5H3,(H,16,17);1H. The summed E-state index contributed by atoms with van der Waals surface area (Å²) in [5.74, 6) is 2.30. The smallest absolute Gasteiger partial charge is 0.211 e. The van der Waals surface area contributed by atoms with Crippen molar-refractivity contribution in [1.29, 1.82) is 0 Å². The highest BCUT2D eigenvalue weighted by atomic mass is 127. The van der Waals surface area contributed by atoms with E-state index in [4.69, 9.17) is 0 Å². The van der Waals surface area contributed by atoms with Crippen molar-refractivity contribution in [2.24, 2.45) is 16.8 Å². The molecule has 0 spiro atoms. The summed E-state index contributed by atoms with van der Waals surface area (Å²) >= 11 is 0. The van der Waals surface area contributed by atoms with Crippen molar-refractivity contribution >= 4 is 40.0 Å². The molecule has 0 radical (unpaired) electrons. The molecule has 2 unspecified atom stereocenters. The van der Waals surface area contributed by atoms with Crippen LogP contribution in [-0.2, 0) is 10.0 Å². The van der Waals surface area contributed by atoms with Gasteiger partial charge in [0.1, 0.15) is 0 Å². The van der Waals surface area contributed by atoms with Crippen molar-refractivity contribution in [3.8, 4) is 0 Å². The number of halogens is 1. The predicted molar refractivity (Wildman–Crippen MR) is 108 cm³/mol. The molecule has 1 heterocycles. The van der Waals surface area contributed by atoms with E-state index in [0.717, 1.165) is 32.0 Å². The quantitative estimate of drug-likeness (QED) is 0.284. The first-order valence-electron chi connectivity index (χ1n) is 8.18. The molecule has 1 rings (SSSR count). The number of aliphatic imine (C=N–C) groups is 1. The Morgan fingerprint density at radius 2 is 1.87 bits per heavy atom. The van der Waals surface area contributed by atoms with Gasteiger partial charge in [0.25, 0.3) is 0 Å². The van der Waals surface area contributed by atoms with Gasteiger partial charge in [-0.1, -0.05) is 20.8 Å². The largest absolute Gasteiger partial charge is 0.356 e. The van der Waals surface area contributed by atoms with E-state index in [2.05, 4.69) is 29.1 Å². The molecule has 0 bridgehead atoms. The molecule has 1 aliphatic heterocycles. The molecule has 6 nitrogen and oxygen atoms in total. The minimum atomic E-state index is -3.09. The Kier molecular flexibility index (Phi) is 10.7. The average molecular weight is 460 g/mol. The number of sulfonamides is 1. The van der Waals surface area contributed by atoms with E-state index >= 15 is 0 Å². The predicted octanol–water partition coefficient (Wildman–Crippen LogP) is 1.83. The minimum absolute atomic E-state index is 0. The Morgan fingerprint density at radius 3 is 2.30 bits per heavy atom. The number of rotatable bonds is 6. The third-order valence-electron chi connectivity index (χ3n) is 4.07. The Bertz CT molecular complexity index is 460. The van der Waals surface area contributed by atoms with Gasteiger partial charge in [-0.15, -0.1) is 24.0 Å². The van der Waals surface area contributed by atoms with Crippen LogP contribution in [0.5, 0.6) is 0 Å². The molecular formula is C15H33IN4O2S. The van der Waals surface area contributed by atoms with Crippen LogP contribution in [0.4, 0.5) is 0 Å². The fraction of sp³-hybridized carbons (Fsp3) is 0.933. The van der Waals surface area contributed by atoms with Crippen LogP contribution in [0.2, 0.25) is 0 Å². The molecule has 2 atom stereocenters. The van der Waals surface area contributed by atoms with Gasteiger partial charge >= 0.3 is 0 Å². The second-order valence-electron chi connectivity index (χ2n) is 6.43. The lowest BCUT2D eigenvalue weighted by molar-refractivity contribution is 0.208. The van der Waals surface area contributed by atoms with E-state index < -0.39 is 10.0 Å². The van der Waals surface area contributed by atoms with Gasteiger partial charge in [0.15, 0.2) is 5.96 Å². The topological polar surface area (TPSA) is 65.0 Å². The molecule has 8 heteroatoms. The Labute approximate surface area is 159 Å². The second-order valence-corrected chi connectivity index (χ2v) is 8.42. The molecule has 1 N–H and O–H groups in total. The summed E-state index contributed by atoms with van der Waals surface area (Å²) in [4.78, 5) is 6.68. The highest BCUT2D eigenvalue weighted by Crippen LogP contribution is 2.20. The number of hydrogen-bond donors (Lipinski definition) is 1. The van der Waals surface area contributed by atoms with Crippen LogP contribution >= 0.6 is 24.0 Å². The van der Waals surface area contributed by atoms with E-state index in [1.54, 1.807) is 7.05 Å². The van der Waals surface area contributed by atoms with Gasteiger partial charge in [-0.3, -0.25) is 4.99 Å². The van der Waals surface area contributed by atoms with Gasteiger partial charge in [0.05, 0.1) is 6.26 Å². The van der Waals surface area contributed by atoms with Crippen LogP contribution < -0.4 is 5.32 Å². The van der Waals surface area contributed by atoms with Crippen LogP contribution in [0.25, 0.3) is 0 Å². The SMILES string of the molecule is CCN(CCCNC(=NC)N1CC(C)CC(C)C1)S(C)(=O)=O.I. The number of likely N-dealkylation sites (tertiary alicyclic amines) is 1. The van der Waals surface area contributed by atoms with Crippen LogP contribution in [0.3, 0.4) is 0 Å². The third-order valence-corrected chi connectivity index (χ3v) is 5.45. The van der Waals surface area contributed by atoms with Crippen molar-refractivity contribution < 1.29 is 8.42 Å².